The lowest BCUT2D eigenvalue weighted by molar-refractivity contribution is 0.364. The maximum atomic E-state index is 10.7. The summed E-state index contributed by atoms with van der Waals surface area (Å²) in [5.74, 6) is 0.395. The second-order valence-electron chi connectivity index (χ2n) is 18.7. The predicted molar refractivity (Wildman–Crippen MR) is 202 cm³/mol. The maximum absolute atomic E-state index is 10.7. The normalized spacial score (nSPS) is 13.9. The van der Waals surface area contributed by atoms with Gasteiger partial charge in [-0.05, 0) is 92.4 Å². The zero-order chi connectivity index (χ0) is 35.5. The molecule has 1 atom stereocenters. The lowest BCUT2D eigenvalue weighted by Gasteiger charge is -2.28. The Hall–Kier alpha value is -2.68. The molecule has 4 rings (SSSR count). The second kappa shape index (κ2) is 12.6. The van der Waals surface area contributed by atoms with Gasteiger partial charge in [0.15, 0.2) is 0 Å². The van der Waals surface area contributed by atoms with Crippen LogP contribution in [0.1, 0.15) is 149 Å². The molecule has 0 spiro atoms. The van der Waals surface area contributed by atoms with Crippen LogP contribution in [-0.4, -0.2) is 11.7 Å². The molecule has 0 aliphatic carbocycles. The first kappa shape index (κ1) is 37.1. The molecule has 5 heteroatoms. The van der Waals surface area contributed by atoms with Gasteiger partial charge in [-0.1, -0.05) is 128 Å². The van der Waals surface area contributed by atoms with E-state index in [0.717, 1.165) is 45.9 Å². The Balaban J connectivity index is 1.94. The van der Waals surface area contributed by atoms with Gasteiger partial charge >= 0.3 is 8.24 Å². The molecule has 0 radical (unpaired) electrons. The van der Waals surface area contributed by atoms with E-state index in [9.17, 15) is 5.11 Å². The number of phenols is 1. The quantitative estimate of drug-likeness (QED) is 0.216. The molecular weight excluding hydrogens is 599 g/mol. The summed E-state index contributed by atoms with van der Waals surface area (Å²) in [5.41, 5.74) is 9.21. The third-order valence-electron chi connectivity index (χ3n) is 9.12. The van der Waals surface area contributed by atoms with Crippen molar-refractivity contribution < 1.29 is 18.0 Å². The number of phenolic OH excluding ortho intramolecular Hbond substituents is 1. The zero-order valence-corrected chi connectivity index (χ0v) is 33.1. The van der Waals surface area contributed by atoms with E-state index in [2.05, 4.69) is 140 Å². The van der Waals surface area contributed by atoms with Crippen LogP contribution in [0.15, 0.2) is 44.8 Å². The van der Waals surface area contributed by atoms with Gasteiger partial charge in [0.05, 0.1) is 6.61 Å². The molecule has 47 heavy (non-hydrogen) atoms. The molecule has 1 aromatic heterocycles. The Bertz CT molecular complexity index is 1810. The molecule has 4 nitrogen and oxygen atoms in total. The van der Waals surface area contributed by atoms with Gasteiger partial charge in [0.1, 0.15) is 16.9 Å². The molecule has 0 bridgehead atoms. The van der Waals surface area contributed by atoms with E-state index >= 15 is 0 Å². The minimum Gasteiger partial charge on any atom is -0.507 e. The number of aryl methyl sites for hydroxylation is 2. The topological polar surface area (TPSA) is 55.7 Å². The standard InChI is InChI=1S/C42H61O4P/c1-26-20-27(21-32(36(26)43)41(11,12)13)18-17-19-44-47-45-34-25-29(39(5,6)7)23-31(40(8,9)10)35(34)30-22-28(38(2,3)4)24-33(37(30)46-47)42(14,15)16/h20-25,43H,17-19H2,1-16H3. The highest BCUT2D eigenvalue weighted by molar-refractivity contribution is 7.31. The van der Waals surface area contributed by atoms with Crippen LogP contribution in [0, 0.1) is 6.92 Å². The first-order chi connectivity index (χ1) is 21.3. The zero-order valence-electron chi connectivity index (χ0n) is 32.2. The summed E-state index contributed by atoms with van der Waals surface area (Å²) in [7, 11) is -1.73. The molecule has 0 saturated carbocycles. The van der Waals surface area contributed by atoms with Crippen molar-refractivity contribution in [3.05, 3.63) is 75.3 Å². The van der Waals surface area contributed by atoms with Crippen LogP contribution >= 0.6 is 8.24 Å². The van der Waals surface area contributed by atoms with Gasteiger partial charge in [0.2, 0.25) is 0 Å². The van der Waals surface area contributed by atoms with Crippen LogP contribution in [-0.2, 0) is 33.5 Å². The third kappa shape index (κ3) is 8.31. The first-order valence-electron chi connectivity index (χ1n) is 17.3. The number of benzene rings is 3. The van der Waals surface area contributed by atoms with E-state index < -0.39 is 8.24 Å². The lowest BCUT2D eigenvalue weighted by atomic mass is 9.76. The van der Waals surface area contributed by atoms with Crippen molar-refractivity contribution in [2.75, 3.05) is 6.61 Å². The molecule has 4 aromatic rings. The molecule has 1 N–H and O–H groups in total. The molecule has 0 aliphatic heterocycles. The summed E-state index contributed by atoms with van der Waals surface area (Å²) in [5, 5.41) is 12.9. The fourth-order valence-electron chi connectivity index (χ4n) is 6.10. The van der Waals surface area contributed by atoms with Gasteiger partial charge < -0.3 is 13.5 Å². The van der Waals surface area contributed by atoms with E-state index in [1.54, 1.807) is 0 Å². The van der Waals surface area contributed by atoms with Crippen molar-refractivity contribution in [1.82, 2.24) is 0 Å². The number of hydrogen-bond acceptors (Lipinski definition) is 4. The molecule has 0 amide bonds. The summed E-state index contributed by atoms with van der Waals surface area (Å²) < 4.78 is 20.3. The summed E-state index contributed by atoms with van der Waals surface area (Å²) in [6.07, 6.45) is 1.65. The van der Waals surface area contributed by atoms with Gasteiger partial charge in [0, 0.05) is 16.3 Å². The van der Waals surface area contributed by atoms with Gasteiger partial charge in [-0.3, -0.25) is 4.52 Å². The number of fused-ring (bicyclic) bond motifs is 3. The van der Waals surface area contributed by atoms with E-state index in [1.807, 2.05) is 6.92 Å². The SMILES string of the molecule is Cc1cc(CCCOp2oc3cc(C(C)(C)C)cc(C(C)(C)C)c3c3cc(C(C)(C)C)cc(C(C)(C)C)c3o2)cc(C(C)(C)C)c1O. The maximum Gasteiger partial charge on any atom is 0.387 e. The summed E-state index contributed by atoms with van der Waals surface area (Å²) >= 11 is 0. The van der Waals surface area contributed by atoms with Crippen molar-refractivity contribution in [2.45, 2.75) is 151 Å². The second-order valence-corrected chi connectivity index (χ2v) is 19.8. The molecular formula is C42H61O4P. The smallest absolute Gasteiger partial charge is 0.387 e. The fourth-order valence-corrected chi connectivity index (χ4v) is 7.18. The van der Waals surface area contributed by atoms with Gasteiger partial charge in [-0.2, -0.15) is 0 Å². The van der Waals surface area contributed by atoms with Crippen LogP contribution in [0.5, 0.6) is 5.75 Å². The highest BCUT2D eigenvalue weighted by Crippen LogP contribution is 2.45. The Morgan fingerprint density at radius 2 is 1.15 bits per heavy atom. The highest BCUT2D eigenvalue weighted by atomic mass is 31.1. The van der Waals surface area contributed by atoms with Gasteiger partial charge in [-0.25, -0.2) is 0 Å². The average Bonchev–Trinajstić information content (AvgIpc) is 3.05. The summed E-state index contributed by atoms with van der Waals surface area (Å²) in [6, 6.07) is 13.5. The Kier molecular flexibility index (Phi) is 10.00. The summed E-state index contributed by atoms with van der Waals surface area (Å²) in [6.45, 7) is 36.1. The molecule has 3 aromatic carbocycles. The number of rotatable bonds is 5. The Morgan fingerprint density at radius 1 is 0.617 bits per heavy atom. The van der Waals surface area contributed by atoms with Crippen LogP contribution in [0.2, 0.25) is 0 Å². The van der Waals surface area contributed by atoms with E-state index in [0.29, 0.717) is 12.4 Å². The molecule has 0 aliphatic rings. The average molecular weight is 661 g/mol. The minimum atomic E-state index is -1.73. The van der Waals surface area contributed by atoms with Crippen molar-refractivity contribution >= 4 is 30.2 Å². The largest absolute Gasteiger partial charge is 0.507 e. The van der Waals surface area contributed by atoms with Crippen LogP contribution in [0.4, 0.5) is 0 Å². The summed E-state index contributed by atoms with van der Waals surface area (Å²) in [4.78, 5) is 0. The number of aromatic hydroxyl groups is 1. The van der Waals surface area contributed by atoms with Crippen LogP contribution in [0.3, 0.4) is 0 Å². The molecule has 0 saturated heterocycles. The highest BCUT2D eigenvalue weighted by Gasteiger charge is 2.29. The van der Waals surface area contributed by atoms with Crippen LogP contribution < -0.4 is 4.52 Å². The van der Waals surface area contributed by atoms with Crippen molar-refractivity contribution in [3.63, 3.8) is 0 Å². The number of hydrogen-bond donors (Lipinski definition) is 1. The van der Waals surface area contributed by atoms with Crippen LogP contribution in [0.25, 0.3) is 21.9 Å². The van der Waals surface area contributed by atoms with Crippen molar-refractivity contribution in [3.8, 4) is 5.75 Å². The molecule has 1 heterocycles. The fraction of sp³-hybridized carbons (Fsp3) is 0.571. The lowest BCUT2D eigenvalue weighted by Crippen LogP contribution is -2.18. The molecule has 1 unspecified atom stereocenters. The molecule has 258 valence electrons. The monoisotopic (exact) mass is 660 g/mol. The van der Waals surface area contributed by atoms with E-state index in [4.69, 9.17) is 12.9 Å². The van der Waals surface area contributed by atoms with Crippen molar-refractivity contribution in [2.24, 2.45) is 0 Å². The Morgan fingerprint density at radius 3 is 1.68 bits per heavy atom. The van der Waals surface area contributed by atoms with Gasteiger partial charge in [0.25, 0.3) is 0 Å². The van der Waals surface area contributed by atoms with Crippen molar-refractivity contribution in [1.29, 1.82) is 0 Å². The van der Waals surface area contributed by atoms with Gasteiger partial charge in [-0.15, -0.1) is 0 Å². The minimum absolute atomic E-state index is 0.0454. The Labute approximate surface area is 285 Å². The molecule has 0 fully saturated rings. The first-order valence-corrected chi connectivity index (χ1v) is 18.4. The third-order valence-corrected chi connectivity index (χ3v) is 10.2. The van der Waals surface area contributed by atoms with E-state index in [-0.39, 0.29) is 27.1 Å². The van der Waals surface area contributed by atoms with E-state index in [1.165, 1.54) is 27.8 Å². The predicted octanol–water partition coefficient (Wildman–Crippen LogP) is 12.9.